The molecule has 182 valence electrons. The van der Waals surface area contributed by atoms with Crippen molar-refractivity contribution in [2.24, 2.45) is 5.92 Å². The number of piperidine rings is 1. The zero-order valence-corrected chi connectivity index (χ0v) is 20.9. The first-order valence-corrected chi connectivity index (χ1v) is 13.8. The number of rotatable bonds is 7. The van der Waals surface area contributed by atoms with E-state index in [0.29, 0.717) is 36.6 Å². The third-order valence-electron chi connectivity index (χ3n) is 6.55. The minimum absolute atomic E-state index is 0.0692. The van der Waals surface area contributed by atoms with E-state index in [1.165, 1.54) is 9.87 Å². The van der Waals surface area contributed by atoms with E-state index in [9.17, 15) is 13.2 Å². The number of carbonyl (C=O) groups excluding carboxylic acids is 1. The molecular formula is C26H32ClN3O3S. The number of amides is 1. The fourth-order valence-electron chi connectivity index (χ4n) is 4.59. The van der Waals surface area contributed by atoms with Gasteiger partial charge in [0, 0.05) is 50.8 Å². The van der Waals surface area contributed by atoms with Crippen molar-refractivity contribution in [2.75, 3.05) is 45.8 Å². The minimum atomic E-state index is -3.48. The normalized spacial score (nSPS) is 20.6. The van der Waals surface area contributed by atoms with E-state index in [-0.39, 0.29) is 24.1 Å². The molecule has 2 heterocycles. The van der Waals surface area contributed by atoms with Gasteiger partial charge in [-0.05, 0) is 36.1 Å². The molecule has 2 aliphatic heterocycles. The van der Waals surface area contributed by atoms with Gasteiger partial charge in [0.25, 0.3) is 0 Å². The van der Waals surface area contributed by atoms with E-state index < -0.39 is 10.0 Å². The summed E-state index contributed by atoms with van der Waals surface area (Å²) >= 11 is 5.91. The first kappa shape index (κ1) is 24.9. The van der Waals surface area contributed by atoms with Gasteiger partial charge in [-0.2, -0.15) is 0 Å². The lowest BCUT2D eigenvalue weighted by Gasteiger charge is -2.38. The molecule has 1 atom stereocenters. The molecule has 0 N–H and O–H groups in total. The predicted molar refractivity (Wildman–Crippen MR) is 137 cm³/mol. The van der Waals surface area contributed by atoms with Crippen molar-refractivity contribution in [3.05, 3.63) is 76.8 Å². The van der Waals surface area contributed by atoms with Gasteiger partial charge in [-0.1, -0.05) is 66.2 Å². The molecule has 0 aliphatic carbocycles. The summed E-state index contributed by atoms with van der Waals surface area (Å²) in [5.41, 5.74) is 1.89. The highest BCUT2D eigenvalue weighted by Gasteiger charge is 2.35. The van der Waals surface area contributed by atoms with Crippen molar-refractivity contribution in [2.45, 2.75) is 18.6 Å². The molecule has 1 amide bonds. The Morgan fingerprint density at radius 3 is 2.38 bits per heavy atom. The fourth-order valence-corrected chi connectivity index (χ4v) is 6.33. The molecule has 0 saturated carbocycles. The predicted octanol–water partition coefficient (Wildman–Crippen LogP) is 3.74. The van der Waals surface area contributed by atoms with Gasteiger partial charge in [-0.15, -0.1) is 0 Å². The summed E-state index contributed by atoms with van der Waals surface area (Å²) in [5.74, 6) is -0.246. The number of benzene rings is 2. The monoisotopic (exact) mass is 501 g/mol. The molecule has 0 bridgehead atoms. The Hall–Kier alpha value is -2.19. The molecular weight excluding hydrogens is 470 g/mol. The molecule has 0 aromatic heterocycles. The minimum Gasteiger partial charge on any atom is -0.340 e. The molecule has 2 aliphatic rings. The van der Waals surface area contributed by atoms with Crippen LogP contribution in [0.1, 0.15) is 24.0 Å². The van der Waals surface area contributed by atoms with Crippen molar-refractivity contribution in [1.29, 1.82) is 0 Å². The lowest BCUT2D eigenvalue weighted by Crippen LogP contribution is -2.53. The van der Waals surface area contributed by atoms with Crippen LogP contribution in [0.4, 0.5) is 0 Å². The highest BCUT2D eigenvalue weighted by atomic mass is 35.5. The van der Waals surface area contributed by atoms with Crippen molar-refractivity contribution in [3.8, 4) is 0 Å². The average molecular weight is 502 g/mol. The molecule has 2 aromatic rings. The van der Waals surface area contributed by atoms with E-state index in [0.717, 1.165) is 26.1 Å². The molecule has 6 nitrogen and oxygen atoms in total. The van der Waals surface area contributed by atoms with Crippen molar-refractivity contribution in [1.82, 2.24) is 14.1 Å². The molecule has 8 heteroatoms. The third kappa shape index (κ3) is 6.69. The van der Waals surface area contributed by atoms with E-state index >= 15 is 0 Å². The Kier molecular flexibility index (Phi) is 8.42. The van der Waals surface area contributed by atoms with Crippen LogP contribution in [0.25, 0.3) is 6.08 Å². The summed E-state index contributed by atoms with van der Waals surface area (Å²) in [4.78, 5) is 17.4. The summed E-state index contributed by atoms with van der Waals surface area (Å²) < 4.78 is 27.5. The van der Waals surface area contributed by atoms with Gasteiger partial charge in [0.1, 0.15) is 0 Å². The number of nitrogens with zero attached hydrogens (tertiary/aromatic N) is 3. The Bertz CT molecular complexity index is 1080. The van der Waals surface area contributed by atoms with E-state index in [2.05, 4.69) is 29.2 Å². The maximum absolute atomic E-state index is 13.2. The zero-order valence-electron chi connectivity index (χ0n) is 19.4. The summed E-state index contributed by atoms with van der Waals surface area (Å²) in [7, 11) is -3.48. The van der Waals surface area contributed by atoms with Crippen LogP contribution in [0.5, 0.6) is 0 Å². The maximum Gasteiger partial charge on any atom is 0.227 e. The Morgan fingerprint density at radius 1 is 0.971 bits per heavy atom. The second-order valence-corrected chi connectivity index (χ2v) is 11.4. The number of hydrogen-bond donors (Lipinski definition) is 0. The summed E-state index contributed by atoms with van der Waals surface area (Å²) in [6.45, 7) is 4.64. The van der Waals surface area contributed by atoms with Gasteiger partial charge in [0.2, 0.25) is 15.9 Å². The first-order chi connectivity index (χ1) is 16.4. The van der Waals surface area contributed by atoms with Gasteiger partial charge in [0.15, 0.2) is 0 Å². The number of piperazine rings is 1. The molecule has 0 spiro atoms. The lowest BCUT2D eigenvalue weighted by atomic mass is 9.98. The number of carbonyl (C=O) groups is 1. The smallest absolute Gasteiger partial charge is 0.227 e. The summed E-state index contributed by atoms with van der Waals surface area (Å²) in [5, 5.41) is 0.581. The van der Waals surface area contributed by atoms with Crippen LogP contribution in [-0.4, -0.2) is 74.2 Å². The van der Waals surface area contributed by atoms with Crippen LogP contribution >= 0.6 is 11.6 Å². The van der Waals surface area contributed by atoms with Crippen molar-refractivity contribution in [3.63, 3.8) is 0 Å². The highest BCUT2D eigenvalue weighted by Crippen LogP contribution is 2.24. The Balaban J connectivity index is 1.27. The molecule has 1 unspecified atom stereocenters. The standard InChI is InChI=1S/C26H32ClN3O3S/c27-25-12-10-23(11-13-25)21-34(32,33)30-15-5-9-24(20-30)26(31)29-18-16-28(17-19-29)14-4-8-22-6-2-1-3-7-22/h1-4,6-8,10-13,24H,5,9,14-21H2/b8-4+. The lowest BCUT2D eigenvalue weighted by molar-refractivity contribution is -0.138. The zero-order chi connectivity index (χ0) is 24.0. The summed E-state index contributed by atoms with van der Waals surface area (Å²) in [6.07, 6.45) is 5.74. The molecule has 2 fully saturated rings. The van der Waals surface area contributed by atoms with Gasteiger partial charge < -0.3 is 4.90 Å². The van der Waals surface area contributed by atoms with E-state index in [4.69, 9.17) is 11.6 Å². The molecule has 2 aromatic carbocycles. The topological polar surface area (TPSA) is 60.9 Å². The highest BCUT2D eigenvalue weighted by molar-refractivity contribution is 7.88. The van der Waals surface area contributed by atoms with Crippen LogP contribution in [-0.2, 0) is 20.6 Å². The van der Waals surface area contributed by atoms with Gasteiger partial charge in [-0.3, -0.25) is 9.69 Å². The Morgan fingerprint density at radius 2 is 1.68 bits per heavy atom. The second-order valence-electron chi connectivity index (χ2n) is 9.02. The molecule has 4 rings (SSSR count). The molecule has 34 heavy (non-hydrogen) atoms. The largest absolute Gasteiger partial charge is 0.340 e. The average Bonchev–Trinajstić information content (AvgIpc) is 2.86. The number of halogens is 1. The first-order valence-electron chi connectivity index (χ1n) is 11.9. The van der Waals surface area contributed by atoms with Crippen LogP contribution in [0.15, 0.2) is 60.7 Å². The third-order valence-corrected chi connectivity index (χ3v) is 8.62. The van der Waals surface area contributed by atoms with Crippen LogP contribution in [0, 0.1) is 5.92 Å². The van der Waals surface area contributed by atoms with Gasteiger partial charge in [0.05, 0.1) is 11.7 Å². The maximum atomic E-state index is 13.2. The number of sulfonamides is 1. The van der Waals surface area contributed by atoms with Crippen molar-refractivity contribution < 1.29 is 13.2 Å². The SMILES string of the molecule is O=C(C1CCCN(S(=O)(=O)Cc2ccc(Cl)cc2)C1)N1CCN(C/C=C/c2ccccc2)CC1. The van der Waals surface area contributed by atoms with Crippen LogP contribution in [0.2, 0.25) is 5.02 Å². The van der Waals surface area contributed by atoms with E-state index in [1.807, 2.05) is 23.1 Å². The quantitative estimate of drug-likeness (QED) is 0.580. The molecule has 2 saturated heterocycles. The van der Waals surface area contributed by atoms with Gasteiger partial charge in [-0.25, -0.2) is 12.7 Å². The van der Waals surface area contributed by atoms with Gasteiger partial charge >= 0.3 is 0 Å². The second kappa shape index (κ2) is 11.5. The molecule has 0 radical (unpaired) electrons. The van der Waals surface area contributed by atoms with E-state index in [1.54, 1.807) is 24.3 Å². The number of hydrogen-bond acceptors (Lipinski definition) is 4. The van der Waals surface area contributed by atoms with Crippen LogP contribution in [0.3, 0.4) is 0 Å². The summed E-state index contributed by atoms with van der Waals surface area (Å²) in [6, 6.07) is 17.1. The fraction of sp³-hybridized carbons (Fsp3) is 0.423. The Labute approximate surface area is 207 Å². The van der Waals surface area contributed by atoms with Crippen LogP contribution < -0.4 is 0 Å². The van der Waals surface area contributed by atoms with Crippen molar-refractivity contribution >= 4 is 33.6 Å².